The van der Waals surface area contributed by atoms with Gasteiger partial charge in [-0.25, -0.2) is 19.4 Å². The van der Waals surface area contributed by atoms with Crippen LogP contribution in [0.15, 0.2) is 56.0 Å². The maximum atomic E-state index is 13.1. The van der Waals surface area contributed by atoms with Crippen LogP contribution in [-0.4, -0.2) is 59.5 Å². The summed E-state index contributed by atoms with van der Waals surface area (Å²) in [7, 11) is 0. The van der Waals surface area contributed by atoms with Gasteiger partial charge in [-0.2, -0.15) is 5.26 Å². The molecule has 0 bridgehead atoms. The number of H-pyrrole nitrogens is 5. The number of hydrogen-bond donors (Lipinski definition) is 7. The molecule has 16 heteroatoms. The highest BCUT2D eigenvalue weighted by Crippen LogP contribution is 2.42. The van der Waals surface area contributed by atoms with Crippen LogP contribution in [0.4, 0.5) is 11.6 Å². The van der Waals surface area contributed by atoms with Crippen molar-refractivity contribution in [2.75, 3.05) is 11.4 Å². The number of carbonyl (C=O) groups excluding carboxylic acids is 1. The lowest BCUT2D eigenvalue weighted by Crippen LogP contribution is -2.45. The van der Waals surface area contributed by atoms with Gasteiger partial charge in [0, 0.05) is 31.3 Å². The second-order valence-corrected chi connectivity index (χ2v) is 9.15. The zero-order valence-electron chi connectivity index (χ0n) is 21.0. The summed E-state index contributed by atoms with van der Waals surface area (Å²) < 4.78 is 0. The van der Waals surface area contributed by atoms with E-state index in [1.807, 2.05) is 6.07 Å². The zero-order chi connectivity index (χ0) is 29.3. The van der Waals surface area contributed by atoms with Crippen LogP contribution in [0.3, 0.4) is 0 Å². The number of aliphatic carboxylic acids is 1. The zero-order valence-corrected chi connectivity index (χ0v) is 21.0. The van der Waals surface area contributed by atoms with Crippen molar-refractivity contribution >= 4 is 23.5 Å². The van der Waals surface area contributed by atoms with E-state index >= 15 is 0 Å². The predicted octanol–water partition coefficient (Wildman–Crippen LogP) is -1.13. The van der Waals surface area contributed by atoms with Crippen LogP contribution in [-0.2, 0) is 16.0 Å². The first kappa shape index (κ1) is 26.6. The molecule has 1 aliphatic heterocycles. The second-order valence-electron chi connectivity index (χ2n) is 9.15. The molecule has 1 atom stereocenters. The molecule has 5 rings (SSSR count). The monoisotopic (exact) mass is 559 g/mol. The largest absolute Gasteiger partial charge is 0.480 e. The van der Waals surface area contributed by atoms with Crippen molar-refractivity contribution in [1.82, 2.24) is 35.2 Å². The summed E-state index contributed by atoms with van der Waals surface area (Å²) in [6, 6.07) is 6.77. The number of aromatic nitrogens is 6. The molecule has 4 heterocycles. The SMILES string of the molecule is N#Cc1ccc(C2c3c([nH]c(=O)[nH]c3=O)N(CCC(=O)N[C@@H](Cc3cnc[nH]3)C(=O)O)c3[nH]c(=O)[nH]c(=O)c32)cc1. The maximum absolute atomic E-state index is 13.1. The summed E-state index contributed by atoms with van der Waals surface area (Å²) in [6.07, 6.45) is 2.39. The van der Waals surface area contributed by atoms with Gasteiger partial charge in [0.1, 0.15) is 17.7 Å². The first-order chi connectivity index (χ1) is 19.7. The van der Waals surface area contributed by atoms with Gasteiger partial charge in [-0.15, -0.1) is 0 Å². The quantitative estimate of drug-likeness (QED) is 0.137. The smallest absolute Gasteiger partial charge is 0.327 e. The number of benzene rings is 1. The van der Waals surface area contributed by atoms with Gasteiger partial charge in [-0.1, -0.05) is 12.1 Å². The molecule has 0 radical (unpaired) electrons. The number of carbonyl (C=O) groups is 2. The Labute approximate surface area is 227 Å². The number of carboxylic acid groups (broad SMARTS) is 1. The minimum absolute atomic E-state index is 0.0394. The Hall–Kier alpha value is -5.98. The lowest BCUT2D eigenvalue weighted by molar-refractivity contribution is -0.141. The Balaban J connectivity index is 1.54. The fraction of sp³-hybridized carbons (Fsp3) is 0.200. The number of hydrogen-bond acceptors (Lipinski definition) is 9. The number of amides is 1. The van der Waals surface area contributed by atoms with Crippen molar-refractivity contribution in [3.63, 3.8) is 0 Å². The van der Waals surface area contributed by atoms with Crippen molar-refractivity contribution in [2.45, 2.75) is 24.8 Å². The molecule has 0 aliphatic carbocycles. The first-order valence-corrected chi connectivity index (χ1v) is 12.2. The Morgan fingerprint density at radius 2 is 1.61 bits per heavy atom. The van der Waals surface area contributed by atoms with Crippen LogP contribution in [0.2, 0.25) is 0 Å². The fourth-order valence-corrected chi connectivity index (χ4v) is 4.79. The number of nitriles is 1. The van der Waals surface area contributed by atoms with Crippen molar-refractivity contribution in [3.05, 3.63) is 106 Å². The van der Waals surface area contributed by atoms with E-state index in [0.717, 1.165) is 0 Å². The molecule has 0 saturated heterocycles. The highest BCUT2D eigenvalue weighted by atomic mass is 16.4. The summed E-state index contributed by atoms with van der Waals surface area (Å²) in [5, 5.41) is 21.1. The molecular weight excluding hydrogens is 538 g/mol. The Morgan fingerprint density at radius 3 is 2.12 bits per heavy atom. The molecule has 1 amide bonds. The standard InChI is InChI=1S/C25H21N9O7/c26-8-11-1-3-12(4-2-11)16-17-19(30-24(40)32-21(17)36)34(20-18(16)22(37)33-25(41)31-20)6-5-15(35)29-14(23(38)39)7-13-9-27-10-28-13/h1-4,9-10,14,16H,5-7H2,(H,27,28)(H,29,35)(H,38,39)(H2,30,32,36,40)(H2,31,33,37,41)/t14-/m0/s1. The minimum Gasteiger partial charge on any atom is -0.480 e. The van der Waals surface area contributed by atoms with Gasteiger partial charge in [0.2, 0.25) is 5.91 Å². The van der Waals surface area contributed by atoms with E-state index in [1.165, 1.54) is 29.6 Å². The van der Waals surface area contributed by atoms with Gasteiger partial charge >= 0.3 is 17.3 Å². The molecule has 16 nitrogen and oxygen atoms in total. The number of imidazole rings is 1. The van der Waals surface area contributed by atoms with Gasteiger partial charge in [0.15, 0.2) is 0 Å². The maximum Gasteiger partial charge on any atom is 0.327 e. The van der Waals surface area contributed by atoms with Crippen LogP contribution >= 0.6 is 0 Å². The summed E-state index contributed by atoms with van der Waals surface area (Å²) in [4.78, 5) is 92.7. The number of aromatic amines is 5. The second kappa shape index (κ2) is 10.6. The Kier molecular flexibility index (Phi) is 6.91. The van der Waals surface area contributed by atoms with Gasteiger partial charge in [0.05, 0.1) is 35.0 Å². The number of nitrogens with one attached hydrogen (secondary N) is 6. The highest BCUT2D eigenvalue weighted by molar-refractivity contribution is 5.84. The third-order valence-electron chi connectivity index (χ3n) is 6.58. The number of fused-ring (bicyclic) bond motifs is 2. The van der Waals surface area contributed by atoms with E-state index < -0.39 is 46.3 Å². The van der Waals surface area contributed by atoms with Gasteiger partial charge in [-0.05, 0) is 17.7 Å². The summed E-state index contributed by atoms with van der Waals surface area (Å²) in [5.74, 6) is -3.17. The molecule has 3 aromatic heterocycles. The normalized spacial score (nSPS) is 13.1. The molecule has 0 spiro atoms. The molecule has 0 unspecified atom stereocenters. The summed E-state index contributed by atoms with van der Waals surface area (Å²) in [6.45, 7) is -0.263. The predicted molar refractivity (Wildman–Crippen MR) is 141 cm³/mol. The van der Waals surface area contributed by atoms with Crippen LogP contribution in [0.25, 0.3) is 0 Å². The van der Waals surface area contributed by atoms with Crippen LogP contribution < -0.4 is 32.7 Å². The lowest BCUT2D eigenvalue weighted by atomic mass is 9.83. The molecular formula is C25H21N9O7. The lowest BCUT2D eigenvalue weighted by Gasteiger charge is -2.35. The molecule has 41 heavy (non-hydrogen) atoms. The van der Waals surface area contributed by atoms with Crippen molar-refractivity contribution in [3.8, 4) is 6.07 Å². The van der Waals surface area contributed by atoms with Crippen molar-refractivity contribution < 1.29 is 14.7 Å². The minimum atomic E-state index is -1.28. The molecule has 0 fully saturated rings. The van der Waals surface area contributed by atoms with E-state index in [2.05, 4.69) is 35.2 Å². The van der Waals surface area contributed by atoms with Crippen LogP contribution in [0, 0.1) is 11.3 Å². The van der Waals surface area contributed by atoms with E-state index in [4.69, 9.17) is 0 Å². The van der Waals surface area contributed by atoms with Gasteiger partial charge in [0.25, 0.3) is 11.1 Å². The molecule has 1 aromatic carbocycles. The van der Waals surface area contributed by atoms with E-state index in [9.17, 15) is 39.1 Å². The average Bonchev–Trinajstić information content (AvgIpc) is 3.44. The first-order valence-electron chi connectivity index (χ1n) is 12.2. The molecule has 1 aliphatic rings. The molecule has 0 saturated carbocycles. The summed E-state index contributed by atoms with van der Waals surface area (Å²) in [5.41, 5.74) is -2.21. The van der Waals surface area contributed by atoms with Crippen LogP contribution in [0.5, 0.6) is 0 Å². The Morgan fingerprint density at radius 1 is 1.00 bits per heavy atom. The van der Waals surface area contributed by atoms with E-state index in [-0.39, 0.29) is 42.1 Å². The topological polar surface area (TPSA) is 254 Å². The van der Waals surface area contributed by atoms with Crippen molar-refractivity contribution in [1.29, 1.82) is 5.26 Å². The highest BCUT2D eigenvalue weighted by Gasteiger charge is 2.38. The molecule has 4 aromatic rings. The third-order valence-corrected chi connectivity index (χ3v) is 6.58. The van der Waals surface area contributed by atoms with E-state index in [1.54, 1.807) is 12.1 Å². The number of rotatable bonds is 8. The third kappa shape index (κ3) is 5.18. The Bertz CT molecular complexity index is 1840. The fourth-order valence-electron chi connectivity index (χ4n) is 4.79. The van der Waals surface area contributed by atoms with Crippen LogP contribution in [0.1, 0.15) is 40.3 Å². The number of nitrogens with zero attached hydrogens (tertiary/aromatic N) is 3. The number of anilines is 2. The van der Waals surface area contributed by atoms with Gasteiger partial charge in [-0.3, -0.25) is 34.3 Å². The summed E-state index contributed by atoms with van der Waals surface area (Å²) >= 11 is 0. The molecule has 7 N–H and O–H groups in total. The van der Waals surface area contributed by atoms with Gasteiger partial charge < -0.3 is 20.3 Å². The number of carboxylic acids is 1. The van der Waals surface area contributed by atoms with E-state index in [0.29, 0.717) is 16.8 Å². The van der Waals surface area contributed by atoms with Crippen molar-refractivity contribution in [2.24, 2.45) is 0 Å². The average molecular weight is 559 g/mol. The molecule has 208 valence electrons.